The monoisotopic (exact) mass is 268 g/mol. The van der Waals surface area contributed by atoms with Crippen molar-refractivity contribution in [1.29, 1.82) is 10.5 Å². The second-order valence-corrected chi connectivity index (χ2v) is 5.72. The summed E-state index contributed by atoms with van der Waals surface area (Å²) >= 11 is 0. The lowest BCUT2D eigenvalue weighted by Crippen LogP contribution is -1.75. The van der Waals surface area contributed by atoms with Gasteiger partial charge in [0.25, 0.3) is 0 Å². The summed E-state index contributed by atoms with van der Waals surface area (Å²) in [6.07, 6.45) is 0. The average Bonchev–Trinajstić information content (AvgIpc) is 2.45. The van der Waals surface area contributed by atoms with Crippen LogP contribution in [-0.4, -0.2) is 0 Å². The molecular formula is C14H8N2S2. The van der Waals surface area contributed by atoms with Gasteiger partial charge >= 0.3 is 0 Å². The minimum atomic E-state index is 0.659. The molecule has 0 aliphatic carbocycles. The van der Waals surface area contributed by atoms with E-state index in [0.717, 1.165) is 9.79 Å². The van der Waals surface area contributed by atoms with Gasteiger partial charge in [0.15, 0.2) is 0 Å². The van der Waals surface area contributed by atoms with Crippen LogP contribution in [-0.2, 0) is 0 Å². The van der Waals surface area contributed by atoms with Crippen LogP contribution < -0.4 is 0 Å². The molecule has 2 aromatic rings. The number of benzene rings is 2. The average molecular weight is 268 g/mol. The SMILES string of the molecule is N#Cc1cccc(SSc2cccc(C#N)c2)c1. The standard InChI is InChI=1S/C14H8N2S2/c15-9-11-3-1-5-13(7-11)17-18-14-6-2-4-12(8-14)10-16/h1-8H. The summed E-state index contributed by atoms with van der Waals surface area (Å²) < 4.78 is 0. The van der Waals surface area contributed by atoms with Gasteiger partial charge in [-0.25, -0.2) is 0 Å². The smallest absolute Gasteiger partial charge is 0.0992 e. The molecule has 0 aliphatic heterocycles. The van der Waals surface area contributed by atoms with Crippen LogP contribution in [0.5, 0.6) is 0 Å². The van der Waals surface area contributed by atoms with E-state index in [4.69, 9.17) is 10.5 Å². The van der Waals surface area contributed by atoms with Crippen LogP contribution >= 0.6 is 21.6 Å². The fraction of sp³-hybridized carbons (Fsp3) is 0. The Bertz CT molecular complexity index is 581. The van der Waals surface area contributed by atoms with E-state index in [1.54, 1.807) is 33.7 Å². The van der Waals surface area contributed by atoms with Crippen LogP contribution in [0, 0.1) is 22.7 Å². The Balaban J connectivity index is 2.07. The molecule has 0 unspecified atom stereocenters. The van der Waals surface area contributed by atoms with Crippen LogP contribution in [0.4, 0.5) is 0 Å². The Labute approximate surface area is 114 Å². The van der Waals surface area contributed by atoms with E-state index < -0.39 is 0 Å². The molecule has 4 heteroatoms. The van der Waals surface area contributed by atoms with Gasteiger partial charge in [0.2, 0.25) is 0 Å². The number of hydrogen-bond acceptors (Lipinski definition) is 4. The van der Waals surface area contributed by atoms with Crippen LogP contribution in [0.3, 0.4) is 0 Å². The lowest BCUT2D eigenvalue weighted by atomic mass is 10.2. The van der Waals surface area contributed by atoms with Crippen molar-refractivity contribution in [2.24, 2.45) is 0 Å². The molecule has 0 bridgehead atoms. The maximum Gasteiger partial charge on any atom is 0.0992 e. The molecule has 0 saturated carbocycles. The van der Waals surface area contributed by atoms with Crippen molar-refractivity contribution in [3.05, 3.63) is 59.7 Å². The van der Waals surface area contributed by atoms with E-state index in [1.807, 2.05) is 36.4 Å². The highest BCUT2D eigenvalue weighted by molar-refractivity contribution is 8.76. The first-order chi connectivity index (χ1) is 8.81. The van der Waals surface area contributed by atoms with E-state index >= 15 is 0 Å². The topological polar surface area (TPSA) is 47.6 Å². The van der Waals surface area contributed by atoms with Crippen molar-refractivity contribution in [3.63, 3.8) is 0 Å². The second-order valence-electron chi connectivity index (χ2n) is 3.45. The molecule has 86 valence electrons. The van der Waals surface area contributed by atoms with Gasteiger partial charge in [-0.15, -0.1) is 0 Å². The van der Waals surface area contributed by atoms with Crippen molar-refractivity contribution < 1.29 is 0 Å². The van der Waals surface area contributed by atoms with Crippen LogP contribution in [0.15, 0.2) is 58.3 Å². The van der Waals surface area contributed by atoms with E-state index in [0.29, 0.717) is 11.1 Å². The first-order valence-corrected chi connectivity index (χ1v) is 7.31. The minimum Gasteiger partial charge on any atom is -0.192 e. The van der Waals surface area contributed by atoms with Crippen molar-refractivity contribution in [1.82, 2.24) is 0 Å². The summed E-state index contributed by atoms with van der Waals surface area (Å²) in [5.41, 5.74) is 1.32. The van der Waals surface area contributed by atoms with Gasteiger partial charge in [0.05, 0.1) is 23.3 Å². The summed E-state index contributed by atoms with van der Waals surface area (Å²) in [5, 5.41) is 17.6. The zero-order chi connectivity index (χ0) is 12.8. The van der Waals surface area contributed by atoms with Gasteiger partial charge in [0.1, 0.15) is 0 Å². The summed E-state index contributed by atoms with van der Waals surface area (Å²) in [7, 11) is 3.16. The number of nitriles is 2. The van der Waals surface area contributed by atoms with E-state index in [2.05, 4.69) is 12.1 Å². The summed E-state index contributed by atoms with van der Waals surface area (Å²) in [6, 6.07) is 19.2. The number of nitrogens with zero attached hydrogens (tertiary/aromatic N) is 2. The fourth-order valence-electron chi connectivity index (χ4n) is 1.33. The number of hydrogen-bond donors (Lipinski definition) is 0. The van der Waals surface area contributed by atoms with Crippen molar-refractivity contribution in [3.8, 4) is 12.1 Å². The molecule has 0 amide bonds. The Morgan fingerprint density at radius 3 is 1.56 bits per heavy atom. The van der Waals surface area contributed by atoms with Crippen molar-refractivity contribution in [2.45, 2.75) is 9.79 Å². The van der Waals surface area contributed by atoms with Gasteiger partial charge < -0.3 is 0 Å². The zero-order valence-electron chi connectivity index (χ0n) is 9.33. The molecule has 0 N–H and O–H groups in total. The largest absolute Gasteiger partial charge is 0.192 e. The maximum absolute atomic E-state index is 8.81. The lowest BCUT2D eigenvalue weighted by molar-refractivity contribution is 1.40. The first kappa shape index (κ1) is 12.6. The van der Waals surface area contributed by atoms with Crippen molar-refractivity contribution in [2.75, 3.05) is 0 Å². The Morgan fingerprint density at radius 1 is 0.722 bits per heavy atom. The molecule has 0 spiro atoms. The highest BCUT2D eigenvalue weighted by Gasteiger charge is 2.00. The third kappa shape index (κ3) is 3.30. The molecule has 0 fully saturated rings. The van der Waals surface area contributed by atoms with Crippen molar-refractivity contribution >= 4 is 21.6 Å². The molecule has 0 aromatic heterocycles. The van der Waals surface area contributed by atoms with Gasteiger partial charge in [-0.2, -0.15) is 10.5 Å². The molecule has 18 heavy (non-hydrogen) atoms. The molecule has 0 aliphatic rings. The second kappa shape index (κ2) is 6.16. The van der Waals surface area contributed by atoms with E-state index in [1.165, 1.54) is 0 Å². The Kier molecular flexibility index (Phi) is 4.30. The van der Waals surface area contributed by atoms with Crippen LogP contribution in [0.25, 0.3) is 0 Å². The maximum atomic E-state index is 8.81. The third-order valence-electron chi connectivity index (χ3n) is 2.16. The molecule has 0 radical (unpaired) electrons. The van der Waals surface area contributed by atoms with Gasteiger partial charge in [-0.05, 0) is 36.4 Å². The quantitative estimate of drug-likeness (QED) is 0.782. The lowest BCUT2D eigenvalue weighted by Gasteiger charge is -2.01. The van der Waals surface area contributed by atoms with Gasteiger partial charge in [0, 0.05) is 9.79 Å². The molecule has 0 atom stereocenters. The van der Waals surface area contributed by atoms with E-state index in [-0.39, 0.29) is 0 Å². The Hall–Kier alpha value is -1.88. The fourth-order valence-corrected chi connectivity index (χ4v) is 3.34. The predicted octanol–water partition coefficient (Wildman–Crippen LogP) is 4.23. The highest BCUT2D eigenvalue weighted by atomic mass is 33.1. The molecule has 2 aromatic carbocycles. The van der Waals surface area contributed by atoms with E-state index in [9.17, 15) is 0 Å². The van der Waals surface area contributed by atoms with Crippen LogP contribution in [0.2, 0.25) is 0 Å². The van der Waals surface area contributed by atoms with Crippen LogP contribution in [0.1, 0.15) is 11.1 Å². The molecule has 2 nitrogen and oxygen atoms in total. The normalized spacial score (nSPS) is 9.44. The molecule has 2 rings (SSSR count). The Morgan fingerprint density at radius 2 is 1.17 bits per heavy atom. The summed E-state index contributed by atoms with van der Waals surface area (Å²) in [4.78, 5) is 2.06. The number of rotatable bonds is 3. The van der Waals surface area contributed by atoms with Gasteiger partial charge in [-0.1, -0.05) is 33.7 Å². The predicted molar refractivity (Wildman–Crippen MR) is 74.0 cm³/mol. The minimum absolute atomic E-state index is 0.659. The molecule has 0 heterocycles. The summed E-state index contributed by atoms with van der Waals surface area (Å²) in [6.45, 7) is 0. The molecule has 0 saturated heterocycles. The zero-order valence-corrected chi connectivity index (χ0v) is 11.0. The first-order valence-electron chi connectivity index (χ1n) is 5.16. The summed E-state index contributed by atoms with van der Waals surface area (Å²) in [5.74, 6) is 0. The third-order valence-corrected chi connectivity index (χ3v) is 4.54. The molecular weight excluding hydrogens is 260 g/mol. The van der Waals surface area contributed by atoms with Gasteiger partial charge in [-0.3, -0.25) is 0 Å². The highest BCUT2D eigenvalue weighted by Crippen LogP contribution is 2.37.